The van der Waals surface area contributed by atoms with E-state index >= 15 is 0 Å². The fraction of sp³-hybridized carbons (Fsp3) is 0.429. The first-order valence-corrected chi connectivity index (χ1v) is 10.6. The second-order valence-electron chi connectivity index (χ2n) is 7.37. The summed E-state index contributed by atoms with van der Waals surface area (Å²) in [6.07, 6.45) is 4.17. The molecule has 1 aliphatic rings. The Balaban J connectivity index is 1.59. The second-order valence-corrected chi connectivity index (χ2v) is 8.60. The second kappa shape index (κ2) is 7.59. The number of ether oxygens (including phenoxy) is 1. The highest BCUT2D eigenvalue weighted by atomic mass is 32.1. The van der Waals surface area contributed by atoms with Crippen molar-refractivity contribution in [2.45, 2.75) is 53.0 Å². The molecule has 3 heterocycles. The van der Waals surface area contributed by atoms with Crippen LogP contribution < -0.4 is 5.32 Å². The molecule has 0 bridgehead atoms. The zero-order valence-corrected chi connectivity index (χ0v) is 17.9. The van der Waals surface area contributed by atoms with Gasteiger partial charge in [0.15, 0.2) is 5.65 Å². The molecule has 0 unspecified atom stereocenters. The topological polar surface area (TPSA) is 86.1 Å². The lowest BCUT2D eigenvalue weighted by Crippen LogP contribution is -2.21. The van der Waals surface area contributed by atoms with Gasteiger partial charge in [0.05, 0.1) is 17.9 Å². The van der Waals surface area contributed by atoms with Gasteiger partial charge in [0.2, 0.25) is 5.91 Å². The number of pyridine rings is 1. The largest absolute Gasteiger partial charge is 0.462 e. The number of fused-ring (bicyclic) bond motifs is 1. The van der Waals surface area contributed by atoms with Gasteiger partial charge in [0, 0.05) is 16.5 Å². The van der Waals surface area contributed by atoms with Crippen LogP contribution in [0, 0.1) is 20.8 Å². The van der Waals surface area contributed by atoms with Crippen LogP contribution in [0.2, 0.25) is 0 Å². The Morgan fingerprint density at radius 2 is 2.07 bits per heavy atom. The van der Waals surface area contributed by atoms with E-state index in [4.69, 9.17) is 4.74 Å². The normalized spacial score (nSPS) is 13.7. The predicted octanol–water partition coefficient (Wildman–Crippen LogP) is 4.11. The molecule has 8 heteroatoms. The molecule has 0 radical (unpaired) electrons. The van der Waals surface area contributed by atoms with Crippen LogP contribution in [0.5, 0.6) is 0 Å². The number of aromatic nitrogens is 3. The van der Waals surface area contributed by atoms with Crippen molar-refractivity contribution in [3.63, 3.8) is 0 Å². The van der Waals surface area contributed by atoms with E-state index in [9.17, 15) is 9.59 Å². The summed E-state index contributed by atoms with van der Waals surface area (Å²) in [5, 5.41) is 9.00. The molecule has 1 fully saturated rings. The zero-order chi connectivity index (χ0) is 20.7. The SMILES string of the molecule is CCOC(=O)c1c(NC(=O)Cn2nc(C)c3c(C4CC4)ccnc32)sc(C)c1C. The van der Waals surface area contributed by atoms with E-state index in [2.05, 4.69) is 21.5 Å². The van der Waals surface area contributed by atoms with Crippen LogP contribution in [0.25, 0.3) is 11.0 Å². The van der Waals surface area contributed by atoms with E-state index in [-0.39, 0.29) is 19.1 Å². The molecule has 0 atom stereocenters. The molecule has 3 aromatic heterocycles. The van der Waals surface area contributed by atoms with Crippen molar-refractivity contribution < 1.29 is 14.3 Å². The first-order valence-electron chi connectivity index (χ1n) is 9.79. The third-order valence-corrected chi connectivity index (χ3v) is 6.39. The van der Waals surface area contributed by atoms with Crippen LogP contribution in [0.3, 0.4) is 0 Å². The van der Waals surface area contributed by atoms with Crippen molar-refractivity contribution in [1.29, 1.82) is 0 Å². The molecule has 1 aliphatic carbocycles. The lowest BCUT2D eigenvalue weighted by Gasteiger charge is -2.08. The molecule has 29 heavy (non-hydrogen) atoms. The van der Waals surface area contributed by atoms with Gasteiger partial charge >= 0.3 is 5.97 Å². The summed E-state index contributed by atoms with van der Waals surface area (Å²) >= 11 is 1.38. The molecule has 0 aliphatic heterocycles. The monoisotopic (exact) mass is 412 g/mol. The van der Waals surface area contributed by atoms with Crippen LogP contribution in [-0.4, -0.2) is 33.2 Å². The van der Waals surface area contributed by atoms with Crippen LogP contribution in [0.15, 0.2) is 12.3 Å². The third kappa shape index (κ3) is 3.64. The number of amides is 1. The van der Waals surface area contributed by atoms with Gasteiger partial charge in [-0.2, -0.15) is 5.10 Å². The molecule has 152 valence electrons. The summed E-state index contributed by atoms with van der Waals surface area (Å²) in [7, 11) is 0. The van der Waals surface area contributed by atoms with Gasteiger partial charge in [0.1, 0.15) is 11.5 Å². The molecule has 3 aromatic rings. The summed E-state index contributed by atoms with van der Waals surface area (Å²) in [6.45, 7) is 7.82. The summed E-state index contributed by atoms with van der Waals surface area (Å²) in [4.78, 5) is 30.5. The van der Waals surface area contributed by atoms with Gasteiger partial charge in [-0.25, -0.2) is 14.5 Å². The maximum atomic E-state index is 12.8. The minimum atomic E-state index is -0.416. The molecule has 1 N–H and O–H groups in total. The molecule has 4 rings (SSSR count). The number of nitrogens with zero attached hydrogens (tertiary/aromatic N) is 3. The van der Waals surface area contributed by atoms with Crippen molar-refractivity contribution >= 4 is 39.2 Å². The lowest BCUT2D eigenvalue weighted by atomic mass is 10.1. The third-order valence-electron chi connectivity index (χ3n) is 5.27. The molecule has 0 aromatic carbocycles. The lowest BCUT2D eigenvalue weighted by molar-refractivity contribution is -0.116. The number of carbonyl (C=O) groups is 2. The molecule has 7 nitrogen and oxygen atoms in total. The quantitative estimate of drug-likeness (QED) is 0.616. The van der Waals surface area contributed by atoms with Crippen LogP contribution in [0.4, 0.5) is 5.00 Å². The van der Waals surface area contributed by atoms with E-state index in [0.717, 1.165) is 27.2 Å². The smallest absolute Gasteiger partial charge is 0.341 e. The Morgan fingerprint density at radius 3 is 2.76 bits per heavy atom. The predicted molar refractivity (Wildman–Crippen MR) is 113 cm³/mol. The first-order chi connectivity index (χ1) is 13.9. The number of aryl methyl sites for hydroxylation is 2. The molecule has 1 amide bonds. The van der Waals surface area contributed by atoms with Gasteiger partial charge in [-0.1, -0.05) is 0 Å². The Labute approximate surface area is 173 Å². The maximum Gasteiger partial charge on any atom is 0.341 e. The summed E-state index contributed by atoms with van der Waals surface area (Å²) < 4.78 is 6.80. The summed E-state index contributed by atoms with van der Waals surface area (Å²) in [5.74, 6) is -0.0875. The van der Waals surface area contributed by atoms with Crippen molar-refractivity contribution in [3.05, 3.63) is 39.5 Å². The highest BCUT2D eigenvalue weighted by Gasteiger charge is 2.28. The van der Waals surface area contributed by atoms with Crippen LogP contribution >= 0.6 is 11.3 Å². The Kier molecular flexibility index (Phi) is 5.12. The van der Waals surface area contributed by atoms with E-state index < -0.39 is 5.97 Å². The van der Waals surface area contributed by atoms with Gasteiger partial charge in [-0.3, -0.25) is 4.79 Å². The standard InChI is InChI=1S/C21H24N4O3S/c1-5-28-21(27)17-11(2)13(4)29-20(17)23-16(26)10-25-19-18(12(3)24-25)15(8-9-22-19)14-6-7-14/h8-9,14H,5-7,10H2,1-4H3,(H,23,26). The van der Waals surface area contributed by atoms with Crippen molar-refractivity contribution in [3.8, 4) is 0 Å². The Bertz CT molecular complexity index is 1110. The molecule has 0 saturated heterocycles. The number of rotatable bonds is 6. The van der Waals surface area contributed by atoms with Crippen molar-refractivity contribution in [2.75, 3.05) is 11.9 Å². The zero-order valence-electron chi connectivity index (χ0n) is 17.0. The minimum absolute atomic E-state index is 0.0315. The van der Waals surface area contributed by atoms with Crippen molar-refractivity contribution in [1.82, 2.24) is 14.8 Å². The van der Waals surface area contributed by atoms with Crippen LogP contribution in [0.1, 0.15) is 57.7 Å². The number of esters is 1. The average Bonchev–Trinajstić information content (AvgIpc) is 3.42. The van der Waals surface area contributed by atoms with E-state index in [1.165, 1.54) is 29.7 Å². The van der Waals surface area contributed by atoms with Gasteiger partial charge < -0.3 is 10.1 Å². The Morgan fingerprint density at radius 1 is 1.31 bits per heavy atom. The van der Waals surface area contributed by atoms with E-state index in [1.807, 2.05) is 20.8 Å². The Hall–Kier alpha value is -2.74. The first kappa shape index (κ1) is 19.6. The number of carbonyl (C=O) groups excluding carboxylic acids is 2. The molecular formula is C21H24N4O3S. The summed E-state index contributed by atoms with van der Waals surface area (Å²) in [6, 6.07) is 2.06. The van der Waals surface area contributed by atoms with Gasteiger partial charge in [-0.05, 0) is 63.6 Å². The molecular weight excluding hydrogens is 388 g/mol. The number of hydrogen-bond donors (Lipinski definition) is 1. The molecule has 0 spiro atoms. The maximum absolute atomic E-state index is 12.8. The van der Waals surface area contributed by atoms with Crippen molar-refractivity contribution in [2.24, 2.45) is 0 Å². The minimum Gasteiger partial charge on any atom is -0.462 e. The fourth-order valence-corrected chi connectivity index (χ4v) is 4.69. The highest BCUT2D eigenvalue weighted by Crippen LogP contribution is 2.43. The summed E-state index contributed by atoms with van der Waals surface area (Å²) in [5.41, 5.74) is 4.15. The van der Waals surface area contributed by atoms with Gasteiger partial charge in [-0.15, -0.1) is 11.3 Å². The van der Waals surface area contributed by atoms with Crippen LogP contribution in [-0.2, 0) is 16.1 Å². The fourth-order valence-electron chi connectivity index (χ4n) is 3.62. The van der Waals surface area contributed by atoms with E-state index in [1.54, 1.807) is 17.8 Å². The molecule has 1 saturated carbocycles. The number of anilines is 1. The van der Waals surface area contributed by atoms with Gasteiger partial charge in [0.25, 0.3) is 0 Å². The highest BCUT2D eigenvalue weighted by molar-refractivity contribution is 7.16. The average molecular weight is 413 g/mol. The number of hydrogen-bond acceptors (Lipinski definition) is 6. The van der Waals surface area contributed by atoms with E-state index in [0.29, 0.717) is 16.5 Å². The number of thiophene rings is 1. The number of nitrogens with one attached hydrogen (secondary N) is 1.